The minimum absolute atomic E-state index is 0.204. The molecule has 0 aliphatic rings. The maximum Gasteiger partial charge on any atom is 0.460 e. The van der Waals surface area contributed by atoms with Crippen molar-refractivity contribution in [2.24, 2.45) is 0 Å². The summed E-state index contributed by atoms with van der Waals surface area (Å²) < 4.78 is 230. The van der Waals surface area contributed by atoms with Crippen LogP contribution in [-0.2, 0) is 10.7 Å². The van der Waals surface area contributed by atoms with E-state index in [0.717, 1.165) is 0 Å². The molecule has 1 aromatic rings. The van der Waals surface area contributed by atoms with Crippen molar-refractivity contribution in [1.29, 1.82) is 0 Å². The Morgan fingerprint density at radius 3 is 1.25 bits per heavy atom. The molecule has 1 aromatic carbocycles. The number of halogens is 17. The predicted molar refractivity (Wildman–Crippen MR) is 82.0 cm³/mol. The van der Waals surface area contributed by atoms with Gasteiger partial charge in [-0.15, -0.1) is 0 Å². The first kappa shape index (κ1) is 31.5. The van der Waals surface area contributed by atoms with E-state index < -0.39 is 64.9 Å². The average molecular weight is 568 g/mol. The molecule has 0 saturated heterocycles. The molecule has 0 unspecified atom stereocenters. The third-order valence-electron chi connectivity index (χ3n) is 4.46. The summed E-state index contributed by atoms with van der Waals surface area (Å²) in [4.78, 5) is 11.0. The van der Waals surface area contributed by atoms with E-state index in [0.29, 0.717) is 0 Å². The third kappa shape index (κ3) is 4.31. The summed E-state index contributed by atoms with van der Waals surface area (Å²) in [5.41, 5.74) is -2.39. The van der Waals surface area contributed by atoms with Gasteiger partial charge >= 0.3 is 53.6 Å². The quantitative estimate of drug-likeness (QED) is 0.176. The average Bonchev–Trinajstić information content (AvgIpc) is 2.72. The molecule has 0 N–H and O–H groups in total. The van der Waals surface area contributed by atoms with E-state index in [9.17, 15) is 79.4 Å². The van der Waals surface area contributed by atoms with E-state index in [1.54, 1.807) is 0 Å². The lowest BCUT2D eigenvalue weighted by Crippen LogP contribution is -2.74. The molecule has 0 amide bonds. The Bertz CT molecular complexity index is 947. The summed E-state index contributed by atoms with van der Waals surface area (Å²) in [5.74, 6) is -58.7. The topological polar surface area (TPSA) is 26.3 Å². The zero-order valence-corrected chi connectivity index (χ0v) is 16.8. The van der Waals surface area contributed by atoms with E-state index >= 15 is 0 Å². The van der Waals surface area contributed by atoms with E-state index in [-0.39, 0.29) is 30.7 Å². The fourth-order valence-electron chi connectivity index (χ4n) is 2.28. The van der Waals surface area contributed by atoms with Crippen molar-refractivity contribution in [3.8, 4) is 5.75 Å². The van der Waals surface area contributed by atoms with Crippen molar-refractivity contribution in [2.75, 3.05) is 0 Å². The molecule has 0 heterocycles. The summed E-state index contributed by atoms with van der Waals surface area (Å²) in [6, 6.07) is -0.137. The molecular formula is C17H9F17O2. The molecule has 19 heteroatoms. The van der Waals surface area contributed by atoms with Crippen LogP contribution in [0.5, 0.6) is 5.75 Å². The van der Waals surface area contributed by atoms with Gasteiger partial charge < -0.3 is 4.74 Å². The summed E-state index contributed by atoms with van der Waals surface area (Å²) >= 11 is 0. The van der Waals surface area contributed by atoms with E-state index in [1.165, 1.54) is 6.92 Å². The Balaban J connectivity index is 3.61. The smallest absolute Gasteiger partial charge is 0.427 e. The van der Waals surface area contributed by atoms with Crippen molar-refractivity contribution in [2.45, 2.75) is 61.0 Å². The van der Waals surface area contributed by atoms with Gasteiger partial charge in [0.2, 0.25) is 0 Å². The number of esters is 1. The molecule has 0 radical (unpaired) electrons. The Kier molecular flexibility index (Phi) is 7.72. The van der Waals surface area contributed by atoms with Crippen molar-refractivity contribution < 1.29 is 84.2 Å². The van der Waals surface area contributed by atoms with Gasteiger partial charge in [0.25, 0.3) is 0 Å². The van der Waals surface area contributed by atoms with E-state index in [1.807, 2.05) is 0 Å². The van der Waals surface area contributed by atoms with Crippen molar-refractivity contribution in [3.05, 3.63) is 29.8 Å². The molecule has 0 aromatic heterocycles. The highest BCUT2D eigenvalue weighted by Crippen LogP contribution is 2.65. The molecule has 0 aliphatic heterocycles. The number of hydrogen-bond acceptors (Lipinski definition) is 2. The molecule has 208 valence electrons. The van der Waals surface area contributed by atoms with Crippen LogP contribution in [0.15, 0.2) is 24.3 Å². The highest BCUT2D eigenvalue weighted by molar-refractivity contribution is 5.71. The van der Waals surface area contributed by atoms with Crippen LogP contribution in [0.3, 0.4) is 0 Å². The Morgan fingerprint density at radius 1 is 0.583 bits per heavy atom. The zero-order chi connectivity index (χ0) is 29.0. The van der Waals surface area contributed by atoms with Gasteiger partial charge in [0.1, 0.15) is 5.75 Å². The van der Waals surface area contributed by atoms with Crippen LogP contribution in [0.25, 0.3) is 0 Å². The largest absolute Gasteiger partial charge is 0.460 e. The molecule has 0 spiro atoms. The monoisotopic (exact) mass is 568 g/mol. The van der Waals surface area contributed by atoms with Gasteiger partial charge in [-0.2, -0.15) is 74.6 Å². The lowest BCUT2D eigenvalue weighted by molar-refractivity contribution is -0.462. The number of alkyl halides is 17. The first-order chi connectivity index (χ1) is 15.7. The molecule has 0 fully saturated rings. The second kappa shape index (κ2) is 8.81. The standard InChI is InChI=1S/C17H9F17O2/c1-2-9(35)36-8-5-3-7(4-6-8)10(18,19)11(20,21)12(22,23)13(24,25)14(26,27)15(28,29)16(30,31)17(32,33)34/h3-6H,2H2,1H3. The molecule has 0 aliphatic carbocycles. The van der Waals surface area contributed by atoms with Crippen LogP contribution in [0.4, 0.5) is 74.6 Å². The maximum absolute atomic E-state index is 14.1. The lowest BCUT2D eigenvalue weighted by atomic mass is 9.87. The number of carbonyl (C=O) groups is 1. The Labute approximate surface area is 188 Å². The lowest BCUT2D eigenvalue weighted by Gasteiger charge is -2.42. The summed E-state index contributed by atoms with van der Waals surface area (Å²) in [6.07, 6.45) is -8.13. The van der Waals surface area contributed by atoms with E-state index in [4.69, 9.17) is 0 Å². The molecule has 2 nitrogen and oxygen atoms in total. The first-order valence-corrected chi connectivity index (χ1v) is 8.71. The summed E-state index contributed by atoms with van der Waals surface area (Å²) in [7, 11) is 0. The first-order valence-electron chi connectivity index (χ1n) is 8.71. The predicted octanol–water partition coefficient (Wildman–Crippen LogP) is 7.47. The molecule has 0 bridgehead atoms. The molecule has 1 rings (SSSR count). The molecule has 0 atom stereocenters. The SMILES string of the molecule is CCC(=O)Oc1ccc(C(F)(F)C(F)(F)C(F)(F)C(F)(F)C(F)(F)C(F)(F)C(F)(F)C(F)(F)F)cc1. The van der Waals surface area contributed by atoms with Crippen LogP contribution in [-0.4, -0.2) is 47.7 Å². The van der Waals surface area contributed by atoms with Crippen LogP contribution >= 0.6 is 0 Å². The van der Waals surface area contributed by atoms with Gasteiger partial charge in [-0.1, -0.05) is 6.92 Å². The number of carbonyl (C=O) groups excluding carboxylic acids is 1. The van der Waals surface area contributed by atoms with Crippen molar-refractivity contribution in [3.63, 3.8) is 0 Å². The Hall–Kier alpha value is -2.50. The van der Waals surface area contributed by atoms with Gasteiger partial charge in [0, 0.05) is 12.0 Å². The Morgan fingerprint density at radius 2 is 0.917 bits per heavy atom. The summed E-state index contributed by atoms with van der Waals surface area (Å²) in [5, 5.41) is 0. The minimum atomic E-state index is -8.68. The highest BCUT2D eigenvalue weighted by atomic mass is 19.4. The van der Waals surface area contributed by atoms with Crippen LogP contribution in [0.1, 0.15) is 18.9 Å². The van der Waals surface area contributed by atoms with Gasteiger partial charge in [0.15, 0.2) is 0 Å². The van der Waals surface area contributed by atoms with Crippen molar-refractivity contribution in [1.82, 2.24) is 0 Å². The van der Waals surface area contributed by atoms with Gasteiger partial charge in [-0.05, 0) is 24.3 Å². The number of hydrogen-bond donors (Lipinski definition) is 0. The normalized spacial score (nSPS) is 15.2. The van der Waals surface area contributed by atoms with Gasteiger partial charge in [0.05, 0.1) is 0 Å². The maximum atomic E-state index is 14.1. The fraction of sp³-hybridized carbons (Fsp3) is 0.588. The molecular weight excluding hydrogens is 559 g/mol. The van der Waals surface area contributed by atoms with Gasteiger partial charge in [-0.25, -0.2) is 0 Å². The third-order valence-corrected chi connectivity index (χ3v) is 4.46. The van der Waals surface area contributed by atoms with Crippen molar-refractivity contribution >= 4 is 5.97 Å². The molecule has 36 heavy (non-hydrogen) atoms. The number of rotatable bonds is 9. The highest BCUT2D eigenvalue weighted by Gasteiger charge is 2.95. The number of benzene rings is 1. The molecule has 0 saturated carbocycles. The van der Waals surface area contributed by atoms with Crippen LogP contribution in [0, 0.1) is 0 Å². The minimum Gasteiger partial charge on any atom is -0.427 e. The second-order valence-electron chi connectivity index (χ2n) is 6.87. The zero-order valence-electron chi connectivity index (χ0n) is 16.8. The van der Waals surface area contributed by atoms with Gasteiger partial charge in [-0.3, -0.25) is 4.79 Å². The van der Waals surface area contributed by atoms with Crippen LogP contribution in [0.2, 0.25) is 0 Å². The fourth-order valence-corrected chi connectivity index (χ4v) is 2.28. The number of ether oxygens (including phenoxy) is 1. The summed E-state index contributed by atoms with van der Waals surface area (Å²) in [6.45, 7) is 1.22. The second-order valence-corrected chi connectivity index (χ2v) is 6.87. The van der Waals surface area contributed by atoms with E-state index in [2.05, 4.69) is 4.74 Å². The van der Waals surface area contributed by atoms with Crippen LogP contribution < -0.4 is 4.74 Å².